The molecular weight excluding hydrogens is 314 g/mol. The van der Waals surface area contributed by atoms with Crippen molar-refractivity contribution in [3.63, 3.8) is 0 Å². The Bertz CT molecular complexity index is 736. The molecule has 1 atom stereocenters. The lowest BCUT2D eigenvalue weighted by atomic mass is 9.85. The number of benzene rings is 2. The van der Waals surface area contributed by atoms with E-state index in [9.17, 15) is 9.90 Å². The van der Waals surface area contributed by atoms with Gasteiger partial charge in [-0.15, -0.1) is 0 Å². The Morgan fingerprint density at radius 3 is 2.48 bits per heavy atom. The summed E-state index contributed by atoms with van der Waals surface area (Å²) in [7, 11) is 0. The molecule has 0 unspecified atom stereocenters. The number of carbonyl (C=O) groups is 1. The van der Waals surface area contributed by atoms with E-state index in [-0.39, 0.29) is 11.8 Å². The molecule has 0 aromatic heterocycles. The van der Waals surface area contributed by atoms with Gasteiger partial charge in [0.1, 0.15) is 5.75 Å². The number of hydrogen-bond donors (Lipinski definition) is 1. The third-order valence-corrected chi connectivity index (χ3v) is 5.05. The summed E-state index contributed by atoms with van der Waals surface area (Å²) in [6.07, 6.45) is 0.347. The average molecular weight is 339 g/mol. The van der Waals surface area contributed by atoms with E-state index in [0.29, 0.717) is 38.5 Å². The number of hydrogen-bond acceptors (Lipinski definition) is 3. The van der Waals surface area contributed by atoms with Crippen molar-refractivity contribution in [1.82, 2.24) is 4.90 Å². The Morgan fingerprint density at radius 2 is 1.80 bits per heavy atom. The first kappa shape index (κ1) is 17.5. The largest absolute Gasteiger partial charge is 0.507 e. The van der Waals surface area contributed by atoms with Gasteiger partial charge in [0.05, 0.1) is 13.2 Å². The fourth-order valence-corrected chi connectivity index (χ4v) is 3.31. The monoisotopic (exact) mass is 339 g/mol. The summed E-state index contributed by atoms with van der Waals surface area (Å²) in [6.45, 7) is 6.36. The number of phenolic OH excluding ortho intramolecular Hbond substituents is 1. The molecule has 2 aromatic rings. The summed E-state index contributed by atoms with van der Waals surface area (Å²) < 4.78 is 5.34. The summed E-state index contributed by atoms with van der Waals surface area (Å²) in [5.74, 6) is 0.245. The molecule has 1 aliphatic rings. The summed E-state index contributed by atoms with van der Waals surface area (Å²) in [5, 5.41) is 10.7. The number of aromatic hydroxyl groups is 1. The second kappa shape index (κ2) is 7.70. The Morgan fingerprint density at radius 1 is 1.12 bits per heavy atom. The van der Waals surface area contributed by atoms with Crippen LogP contribution in [0.2, 0.25) is 0 Å². The lowest BCUT2D eigenvalue weighted by molar-refractivity contribution is -0.135. The van der Waals surface area contributed by atoms with Gasteiger partial charge in [-0.1, -0.05) is 42.5 Å². The van der Waals surface area contributed by atoms with Crippen molar-refractivity contribution in [3.05, 3.63) is 64.7 Å². The summed E-state index contributed by atoms with van der Waals surface area (Å²) >= 11 is 0. The molecule has 2 aromatic carbocycles. The minimum absolute atomic E-state index is 0.106. The zero-order chi connectivity index (χ0) is 17.8. The Balaban J connectivity index is 1.93. The third-order valence-electron chi connectivity index (χ3n) is 5.05. The molecule has 3 rings (SSSR count). The number of phenols is 1. The van der Waals surface area contributed by atoms with Crippen molar-refractivity contribution < 1.29 is 14.6 Å². The van der Waals surface area contributed by atoms with E-state index in [0.717, 1.165) is 22.3 Å². The maximum atomic E-state index is 12.8. The highest BCUT2D eigenvalue weighted by molar-refractivity contribution is 5.78. The van der Waals surface area contributed by atoms with Crippen molar-refractivity contribution in [2.75, 3.05) is 26.3 Å². The molecule has 132 valence electrons. The van der Waals surface area contributed by atoms with Gasteiger partial charge >= 0.3 is 0 Å². The predicted molar refractivity (Wildman–Crippen MR) is 97.9 cm³/mol. The molecule has 1 saturated heterocycles. The van der Waals surface area contributed by atoms with Crippen molar-refractivity contribution in [3.8, 4) is 5.75 Å². The van der Waals surface area contributed by atoms with Gasteiger partial charge in [-0.3, -0.25) is 4.79 Å². The van der Waals surface area contributed by atoms with E-state index in [1.807, 2.05) is 61.2 Å². The zero-order valence-electron chi connectivity index (χ0n) is 14.9. The maximum absolute atomic E-state index is 12.8. The lowest BCUT2D eigenvalue weighted by Crippen LogP contribution is -2.41. The Hall–Kier alpha value is -2.33. The molecule has 0 spiro atoms. The van der Waals surface area contributed by atoms with Gasteiger partial charge in [0.2, 0.25) is 5.91 Å². The van der Waals surface area contributed by atoms with Crippen LogP contribution < -0.4 is 0 Å². The van der Waals surface area contributed by atoms with Crippen LogP contribution in [0.15, 0.2) is 42.5 Å². The fraction of sp³-hybridized carbons (Fsp3) is 0.381. The third kappa shape index (κ3) is 3.85. The highest BCUT2D eigenvalue weighted by Gasteiger charge is 2.25. The number of morpholine rings is 1. The highest BCUT2D eigenvalue weighted by atomic mass is 16.5. The first-order valence-corrected chi connectivity index (χ1v) is 8.77. The van der Waals surface area contributed by atoms with Crippen LogP contribution in [0.1, 0.15) is 34.6 Å². The number of amides is 1. The van der Waals surface area contributed by atoms with Crippen LogP contribution in [-0.4, -0.2) is 42.2 Å². The highest BCUT2D eigenvalue weighted by Crippen LogP contribution is 2.37. The lowest BCUT2D eigenvalue weighted by Gasteiger charge is -2.29. The molecular formula is C21H25NO3. The van der Waals surface area contributed by atoms with Crippen LogP contribution in [0.5, 0.6) is 5.75 Å². The van der Waals surface area contributed by atoms with Gasteiger partial charge in [-0.05, 0) is 30.5 Å². The molecule has 1 amide bonds. The predicted octanol–water partition coefficient (Wildman–Crippen LogP) is 3.39. The van der Waals surface area contributed by atoms with E-state index < -0.39 is 0 Å². The molecule has 1 heterocycles. The normalized spacial score (nSPS) is 15.8. The molecule has 1 aliphatic heterocycles. The number of nitrogens with zero attached hydrogens (tertiary/aromatic N) is 1. The number of ether oxygens (including phenoxy) is 1. The van der Waals surface area contributed by atoms with Gasteiger partial charge in [0.25, 0.3) is 0 Å². The SMILES string of the molecule is Cc1ccc([C@@H](CC(=O)N2CCOCC2)c2ccccc2)c(O)c1C. The molecule has 4 nitrogen and oxygen atoms in total. The molecule has 0 saturated carbocycles. The van der Waals surface area contributed by atoms with E-state index >= 15 is 0 Å². The van der Waals surface area contributed by atoms with Crippen molar-refractivity contribution in [2.24, 2.45) is 0 Å². The summed E-state index contributed by atoms with van der Waals surface area (Å²) in [5.41, 5.74) is 3.78. The van der Waals surface area contributed by atoms with Gasteiger partial charge in [0, 0.05) is 31.0 Å². The molecule has 1 fully saturated rings. The van der Waals surface area contributed by atoms with Crippen LogP contribution >= 0.6 is 0 Å². The smallest absolute Gasteiger partial charge is 0.223 e. The Labute approximate surface area is 149 Å². The summed E-state index contributed by atoms with van der Waals surface area (Å²) in [4.78, 5) is 14.7. The number of carbonyl (C=O) groups excluding carboxylic acids is 1. The average Bonchev–Trinajstić information content (AvgIpc) is 2.66. The molecule has 1 N–H and O–H groups in total. The quantitative estimate of drug-likeness (QED) is 0.929. The van der Waals surface area contributed by atoms with Gasteiger partial charge in [-0.25, -0.2) is 0 Å². The van der Waals surface area contributed by atoms with Crippen molar-refractivity contribution in [2.45, 2.75) is 26.2 Å². The van der Waals surface area contributed by atoms with Crippen LogP contribution in [0.4, 0.5) is 0 Å². The topological polar surface area (TPSA) is 49.8 Å². The summed E-state index contributed by atoms with van der Waals surface area (Å²) in [6, 6.07) is 13.9. The standard InChI is InChI=1S/C21H25NO3/c1-15-8-9-18(21(24)16(15)2)19(17-6-4-3-5-7-17)14-20(23)22-10-12-25-13-11-22/h3-9,19,24H,10-14H2,1-2H3/t19-/m0/s1. The first-order chi connectivity index (χ1) is 12.1. The minimum Gasteiger partial charge on any atom is -0.507 e. The fourth-order valence-electron chi connectivity index (χ4n) is 3.31. The van der Waals surface area contributed by atoms with Crippen LogP contribution in [0.25, 0.3) is 0 Å². The molecule has 0 bridgehead atoms. The molecule has 0 aliphatic carbocycles. The maximum Gasteiger partial charge on any atom is 0.223 e. The van der Waals surface area contributed by atoms with E-state index in [2.05, 4.69) is 0 Å². The minimum atomic E-state index is -0.157. The second-order valence-electron chi connectivity index (χ2n) is 6.61. The van der Waals surface area contributed by atoms with Crippen molar-refractivity contribution in [1.29, 1.82) is 0 Å². The van der Waals surface area contributed by atoms with Gasteiger partial charge in [0.15, 0.2) is 0 Å². The van der Waals surface area contributed by atoms with E-state index in [4.69, 9.17) is 4.74 Å². The van der Waals surface area contributed by atoms with Crippen LogP contribution in [0, 0.1) is 13.8 Å². The van der Waals surface area contributed by atoms with Crippen molar-refractivity contribution >= 4 is 5.91 Å². The number of rotatable bonds is 4. The van der Waals surface area contributed by atoms with Gasteiger partial charge < -0.3 is 14.7 Å². The second-order valence-corrected chi connectivity index (χ2v) is 6.61. The van der Waals surface area contributed by atoms with Gasteiger partial charge in [-0.2, -0.15) is 0 Å². The molecule has 25 heavy (non-hydrogen) atoms. The van der Waals surface area contributed by atoms with Crippen LogP contribution in [-0.2, 0) is 9.53 Å². The zero-order valence-corrected chi connectivity index (χ0v) is 14.9. The van der Waals surface area contributed by atoms with Crippen LogP contribution in [0.3, 0.4) is 0 Å². The first-order valence-electron chi connectivity index (χ1n) is 8.77. The van der Waals surface area contributed by atoms with E-state index in [1.165, 1.54) is 0 Å². The Kier molecular flexibility index (Phi) is 5.39. The molecule has 0 radical (unpaired) electrons. The van der Waals surface area contributed by atoms with E-state index in [1.54, 1.807) is 0 Å². The molecule has 4 heteroatoms. The number of aryl methyl sites for hydroxylation is 1.